The Morgan fingerprint density at radius 2 is 1.93 bits per heavy atom. The van der Waals surface area contributed by atoms with Crippen molar-refractivity contribution in [3.05, 3.63) is 35.6 Å². The minimum absolute atomic E-state index is 0.124. The van der Waals surface area contributed by atoms with Gasteiger partial charge in [0.15, 0.2) is 0 Å². The number of benzene rings is 1. The molecule has 0 unspecified atom stereocenters. The van der Waals surface area contributed by atoms with E-state index in [1.54, 1.807) is 6.07 Å². The highest BCUT2D eigenvalue weighted by atomic mass is 19.1. The molecule has 1 aromatic carbocycles. The summed E-state index contributed by atoms with van der Waals surface area (Å²) < 4.78 is 13.3. The highest BCUT2D eigenvalue weighted by molar-refractivity contribution is 5.16. The summed E-state index contributed by atoms with van der Waals surface area (Å²) in [5.74, 6) is 0.498. The van der Waals surface area contributed by atoms with Gasteiger partial charge in [0.05, 0.1) is 0 Å². The molecule has 0 amide bonds. The summed E-state index contributed by atoms with van der Waals surface area (Å²) in [4.78, 5) is 0. The minimum atomic E-state index is -0.124. The van der Waals surface area contributed by atoms with Crippen molar-refractivity contribution in [2.24, 2.45) is 5.92 Å². The number of hydrogen-bond acceptors (Lipinski definition) is 1. The molecular formula is C13H20FN. The molecule has 0 saturated heterocycles. The fraction of sp³-hybridized carbons (Fsp3) is 0.538. The summed E-state index contributed by atoms with van der Waals surface area (Å²) >= 11 is 0. The highest BCUT2D eigenvalue weighted by Crippen LogP contribution is 2.10. The molecule has 15 heavy (non-hydrogen) atoms. The van der Waals surface area contributed by atoms with Crippen molar-refractivity contribution < 1.29 is 4.39 Å². The van der Waals surface area contributed by atoms with Crippen LogP contribution in [0.1, 0.15) is 32.8 Å². The first-order chi connectivity index (χ1) is 7.15. The van der Waals surface area contributed by atoms with Gasteiger partial charge in [-0.1, -0.05) is 38.5 Å². The second-order valence-corrected chi connectivity index (χ2v) is 4.15. The lowest BCUT2D eigenvalue weighted by atomic mass is 10.0. The molecule has 0 aliphatic heterocycles. The Kier molecular flexibility index (Phi) is 4.76. The Morgan fingerprint density at radius 3 is 2.53 bits per heavy atom. The van der Waals surface area contributed by atoms with Crippen molar-refractivity contribution >= 4 is 0 Å². The third-order valence-electron chi connectivity index (χ3n) is 3.07. The van der Waals surface area contributed by atoms with Crippen molar-refractivity contribution in [2.45, 2.75) is 39.8 Å². The van der Waals surface area contributed by atoms with Crippen LogP contribution in [-0.4, -0.2) is 6.04 Å². The van der Waals surface area contributed by atoms with Crippen molar-refractivity contribution in [2.75, 3.05) is 0 Å². The van der Waals surface area contributed by atoms with Crippen LogP contribution in [0.3, 0.4) is 0 Å². The number of rotatable bonds is 5. The molecular weight excluding hydrogens is 189 g/mol. The smallest absolute Gasteiger partial charge is 0.127 e. The van der Waals surface area contributed by atoms with Gasteiger partial charge in [-0.15, -0.1) is 0 Å². The zero-order valence-electron chi connectivity index (χ0n) is 9.76. The Balaban J connectivity index is 2.47. The maximum atomic E-state index is 13.3. The first kappa shape index (κ1) is 12.2. The van der Waals surface area contributed by atoms with Gasteiger partial charge in [0.1, 0.15) is 5.82 Å². The molecule has 1 N–H and O–H groups in total. The zero-order chi connectivity index (χ0) is 11.3. The van der Waals surface area contributed by atoms with E-state index >= 15 is 0 Å². The molecule has 0 spiro atoms. The topological polar surface area (TPSA) is 12.0 Å². The fourth-order valence-corrected chi connectivity index (χ4v) is 1.47. The molecule has 0 aliphatic carbocycles. The van der Waals surface area contributed by atoms with Crippen molar-refractivity contribution in [3.63, 3.8) is 0 Å². The van der Waals surface area contributed by atoms with Gasteiger partial charge < -0.3 is 5.32 Å². The van der Waals surface area contributed by atoms with E-state index in [2.05, 4.69) is 26.1 Å². The van der Waals surface area contributed by atoms with Gasteiger partial charge in [-0.25, -0.2) is 4.39 Å². The molecule has 0 bridgehead atoms. The molecule has 2 atom stereocenters. The number of nitrogens with one attached hydrogen (secondary N) is 1. The van der Waals surface area contributed by atoms with Crippen molar-refractivity contribution in [1.82, 2.24) is 5.32 Å². The van der Waals surface area contributed by atoms with E-state index < -0.39 is 0 Å². The van der Waals surface area contributed by atoms with Crippen LogP contribution < -0.4 is 5.32 Å². The quantitative estimate of drug-likeness (QED) is 0.784. The molecule has 84 valence electrons. The third-order valence-corrected chi connectivity index (χ3v) is 3.07. The molecule has 2 heteroatoms. The molecule has 0 saturated carbocycles. The van der Waals surface area contributed by atoms with Gasteiger partial charge in [0, 0.05) is 18.2 Å². The second-order valence-electron chi connectivity index (χ2n) is 4.15. The van der Waals surface area contributed by atoms with Gasteiger partial charge in [-0.3, -0.25) is 0 Å². The number of hydrogen-bond donors (Lipinski definition) is 1. The van der Waals surface area contributed by atoms with Crippen LogP contribution in [0.2, 0.25) is 0 Å². The van der Waals surface area contributed by atoms with Gasteiger partial charge in [0.2, 0.25) is 0 Å². The van der Waals surface area contributed by atoms with Crippen molar-refractivity contribution in [3.8, 4) is 0 Å². The number of halogens is 1. The molecule has 0 radical (unpaired) electrons. The van der Waals surface area contributed by atoms with Crippen LogP contribution in [-0.2, 0) is 6.54 Å². The molecule has 0 heterocycles. The first-order valence-electron chi connectivity index (χ1n) is 5.62. The van der Waals surface area contributed by atoms with E-state index in [-0.39, 0.29) is 5.82 Å². The molecule has 0 fully saturated rings. The Hall–Kier alpha value is -0.890. The molecule has 1 rings (SSSR count). The van der Waals surface area contributed by atoms with Crippen LogP contribution in [0.5, 0.6) is 0 Å². The zero-order valence-corrected chi connectivity index (χ0v) is 9.76. The van der Waals surface area contributed by atoms with E-state index in [1.807, 2.05) is 12.1 Å². The maximum Gasteiger partial charge on any atom is 0.127 e. The SMILES string of the molecule is CC[C@H](C)[C@H](C)NCc1ccccc1F. The van der Waals surface area contributed by atoms with E-state index in [1.165, 1.54) is 6.07 Å². The lowest BCUT2D eigenvalue weighted by Gasteiger charge is -2.20. The Labute approximate surface area is 91.7 Å². The predicted octanol–water partition coefficient (Wildman–Crippen LogP) is 3.35. The molecule has 1 nitrogen and oxygen atoms in total. The van der Waals surface area contributed by atoms with Gasteiger partial charge >= 0.3 is 0 Å². The minimum Gasteiger partial charge on any atom is -0.310 e. The molecule has 0 aromatic heterocycles. The fourth-order valence-electron chi connectivity index (χ4n) is 1.47. The van der Waals surface area contributed by atoms with Gasteiger partial charge in [-0.2, -0.15) is 0 Å². The summed E-state index contributed by atoms with van der Waals surface area (Å²) in [6, 6.07) is 7.34. The lowest BCUT2D eigenvalue weighted by molar-refractivity contribution is 0.386. The van der Waals surface area contributed by atoms with E-state index in [4.69, 9.17) is 0 Å². The summed E-state index contributed by atoms with van der Waals surface area (Å²) in [5.41, 5.74) is 0.743. The standard InChI is InChI=1S/C13H20FN/c1-4-10(2)11(3)15-9-12-7-5-6-8-13(12)14/h5-8,10-11,15H,4,9H2,1-3H3/t10-,11-/m0/s1. The van der Waals surface area contributed by atoms with E-state index in [0.717, 1.165) is 12.0 Å². The highest BCUT2D eigenvalue weighted by Gasteiger charge is 2.09. The summed E-state index contributed by atoms with van der Waals surface area (Å²) in [7, 11) is 0. The van der Waals surface area contributed by atoms with Crippen LogP contribution in [0, 0.1) is 11.7 Å². The average molecular weight is 209 g/mol. The summed E-state index contributed by atoms with van der Waals surface area (Å²) in [6.45, 7) is 7.14. The average Bonchev–Trinajstić information content (AvgIpc) is 2.26. The van der Waals surface area contributed by atoms with Crippen molar-refractivity contribution in [1.29, 1.82) is 0 Å². The normalized spacial score (nSPS) is 14.9. The largest absolute Gasteiger partial charge is 0.310 e. The van der Waals surface area contributed by atoms with E-state index in [9.17, 15) is 4.39 Å². The monoisotopic (exact) mass is 209 g/mol. The Morgan fingerprint density at radius 1 is 1.27 bits per heavy atom. The molecule has 0 aliphatic rings. The third kappa shape index (κ3) is 3.63. The van der Waals surface area contributed by atoms with Crippen LogP contribution in [0.4, 0.5) is 4.39 Å². The van der Waals surface area contributed by atoms with Crippen LogP contribution >= 0.6 is 0 Å². The lowest BCUT2D eigenvalue weighted by Crippen LogP contribution is -2.31. The second kappa shape index (κ2) is 5.86. The summed E-state index contributed by atoms with van der Waals surface area (Å²) in [5, 5.41) is 3.35. The van der Waals surface area contributed by atoms with Crippen LogP contribution in [0.25, 0.3) is 0 Å². The summed E-state index contributed by atoms with van der Waals surface area (Å²) in [6.07, 6.45) is 1.14. The van der Waals surface area contributed by atoms with Crippen LogP contribution in [0.15, 0.2) is 24.3 Å². The van der Waals surface area contributed by atoms with Gasteiger partial charge in [-0.05, 0) is 18.9 Å². The van der Waals surface area contributed by atoms with E-state index in [0.29, 0.717) is 18.5 Å². The maximum absolute atomic E-state index is 13.3. The first-order valence-corrected chi connectivity index (χ1v) is 5.62. The molecule has 1 aromatic rings. The predicted molar refractivity (Wildman–Crippen MR) is 62.2 cm³/mol. The Bertz CT molecular complexity index is 298. The van der Waals surface area contributed by atoms with Gasteiger partial charge in [0.25, 0.3) is 0 Å².